The minimum Gasteiger partial charge on any atom is -0.486 e. The van der Waals surface area contributed by atoms with E-state index >= 15 is 0 Å². The van der Waals surface area contributed by atoms with Gasteiger partial charge in [-0.15, -0.1) is 0 Å². The van der Waals surface area contributed by atoms with Gasteiger partial charge in [-0.2, -0.15) is 4.39 Å². The van der Waals surface area contributed by atoms with Gasteiger partial charge in [0.25, 0.3) is 0 Å². The van der Waals surface area contributed by atoms with Crippen LogP contribution in [0.15, 0.2) is 43.5 Å². The van der Waals surface area contributed by atoms with E-state index in [-0.39, 0.29) is 24.5 Å². The lowest BCUT2D eigenvalue weighted by atomic mass is 10.2. The standard InChI is InChI=1S/C13H13FO3/c1-3-8-16-11-7-5-6-10(13(14)15)12(11)17-9-4-2/h3-7H,1-2,8-9H2. The number of hydrogen-bond acceptors (Lipinski definition) is 3. The van der Waals surface area contributed by atoms with Gasteiger partial charge in [-0.1, -0.05) is 31.4 Å². The molecule has 0 heterocycles. The van der Waals surface area contributed by atoms with Crippen molar-refractivity contribution in [2.75, 3.05) is 13.2 Å². The van der Waals surface area contributed by atoms with Crippen LogP contribution >= 0.6 is 0 Å². The molecule has 0 amide bonds. The van der Waals surface area contributed by atoms with Gasteiger partial charge in [0.1, 0.15) is 13.2 Å². The zero-order valence-electron chi connectivity index (χ0n) is 9.32. The van der Waals surface area contributed by atoms with E-state index in [9.17, 15) is 9.18 Å². The third-order valence-corrected chi connectivity index (χ3v) is 1.89. The number of carbonyl (C=O) groups is 1. The molecule has 0 unspecified atom stereocenters. The average Bonchev–Trinajstić information content (AvgIpc) is 2.33. The van der Waals surface area contributed by atoms with Crippen LogP contribution < -0.4 is 9.47 Å². The largest absolute Gasteiger partial charge is 0.486 e. The quantitative estimate of drug-likeness (QED) is 0.539. The Morgan fingerprint density at radius 3 is 2.47 bits per heavy atom. The maximum atomic E-state index is 12.8. The lowest BCUT2D eigenvalue weighted by molar-refractivity contribution is 0.0831. The van der Waals surface area contributed by atoms with E-state index in [4.69, 9.17) is 9.47 Å². The molecule has 0 saturated carbocycles. The fourth-order valence-corrected chi connectivity index (χ4v) is 1.22. The summed E-state index contributed by atoms with van der Waals surface area (Å²) in [6.07, 6.45) is 3.04. The number of halogens is 1. The number of ether oxygens (including phenoxy) is 2. The average molecular weight is 236 g/mol. The van der Waals surface area contributed by atoms with Gasteiger partial charge in [0.05, 0.1) is 5.56 Å². The molecule has 0 N–H and O–H groups in total. The first-order valence-corrected chi connectivity index (χ1v) is 5.01. The molecule has 0 atom stereocenters. The van der Waals surface area contributed by atoms with Crippen molar-refractivity contribution >= 4 is 6.04 Å². The fourth-order valence-electron chi connectivity index (χ4n) is 1.22. The Labute approximate surface area is 99.2 Å². The molecule has 0 aliphatic heterocycles. The topological polar surface area (TPSA) is 35.5 Å². The molecule has 0 fully saturated rings. The van der Waals surface area contributed by atoms with Gasteiger partial charge in [0.15, 0.2) is 11.5 Å². The summed E-state index contributed by atoms with van der Waals surface area (Å²) in [5.41, 5.74) is -0.159. The Hall–Kier alpha value is -2.10. The molecule has 0 aliphatic rings. The summed E-state index contributed by atoms with van der Waals surface area (Å²) >= 11 is 0. The second-order valence-corrected chi connectivity index (χ2v) is 3.11. The summed E-state index contributed by atoms with van der Waals surface area (Å²) in [4.78, 5) is 10.8. The van der Waals surface area contributed by atoms with Gasteiger partial charge < -0.3 is 9.47 Å². The molecular weight excluding hydrogens is 223 g/mol. The Kier molecular flexibility index (Phi) is 4.94. The first-order chi connectivity index (χ1) is 8.20. The van der Waals surface area contributed by atoms with Crippen LogP contribution in [0.4, 0.5) is 4.39 Å². The maximum Gasteiger partial charge on any atom is 0.336 e. The van der Waals surface area contributed by atoms with Crippen LogP contribution in [0.25, 0.3) is 0 Å². The van der Waals surface area contributed by atoms with E-state index in [1.54, 1.807) is 12.1 Å². The zero-order valence-corrected chi connectivity index (χ0v) is 9.32. The van der Waals surface area contributed by atoms with Crippen molar-refractivity contribution in [3.63, 3.8) is 0 Å². The normalized spacial score (nSPS) is 9.47. The monoisotopic (exact) mass is 236 g/mol. The lowest BCUT2D eigenvalue weighted by Crippen LogP contribution is -2.04. The highest BCUT2D eigenvalue weighted by molar-refractivity contribution is 5.92. The Morgan fingerprint density at radius 2 is 1.88 bits per heavy atom. The summed E-state index contributed by atoms with van der Waals surface area (Å²) in [6, 6.07) is 2.88. The molecule has 0 aliphatic carbocycles. The summed E-state index contributed by atoms with van der Waals surface area (Å²) in [7, 11) is 0. The van der Waals surface area contributed by atoms with Crippen LogP contribution in [0, 0.1) is 0 Å². The zero-order chi connectivity index (χ0) is 12.7. The summed E-state index contributed by atoms with van der Waals surface area (Å²) in [5, 5.41) is 0. The van der Waals surface area contributed by atoms with Crippen LogP contribution in [0.3, 0.4) is 0 Å². The van der Waals surface area contributed by atoms with Gasteiger partial charge in [-0.05, 0) is 12.1 Å². The number of para-hydroxylation sites is 1. The predicted octanol–water partition coefficient (Wildman–Crippen LogP) is 2.93. The van der Waals surface area contributed by atoms with Crippen molar-refractivity contribution in [2.45, 2.75) is 0 Å². The van der Waals surface area contributed by atoms with Gasteiger partial charge in [0, 0.05) is 0 Å². The molecule has 1 rings (SSSR count). The van der Waals surface area contributed by atoms with Gasteiger partial charge in [-0.25, -0.2) is 0 Å². The van der Waals surface area contributed by atoms with Crippen LogP contribution in [-0.4, -0.2) is 19.3 Å². The Bertz CT molecular complexity index is 427. The summed E-state index contributed by atoms with van der Waals surface area (Å²) in [5.74, 6) is 0.386. The molecule has 0 saturated heterocycles. The van der Waals surface area contributed by atoms with Crippen molar-refractivity contribution in [1.82, 2.24) is 0 Å². The molecule has 1 aromatic rings. The number of rotatable bonds is 7. The van der Waals surface area contributed by atoms with Crippen molar-refractivity contribution in [3.8, 4) is 11.5 Å². The van der Waals surface area contributed by atoms with Crippen molar-refractivity contribution in [1.29, 1.82) is 0 Å². The first-order valence-electron chi connectivity index (χ1n) is 5.01. The number of carbonyl (C=O) groups excluding carboxylic acids is 1. The molecule has 0 radical (unpaired) electrons. The lowest BCUT2D eigenvalue weighted by Gasteiger charge is -2.12. The molecule has 0 spiro atoms. The van der Waals surface area contributed by atoms with Gasteiger partial charge in [-0.3, -0.25) is 4.79 Å². The number of benzene rings is 1. The number of hydrogen-bond donors (Lipinski definition) is 0. The highest BCUT2D eigenvalue weighted by Crippen LogP contribution is 2.32. The van der Waals surface area contributed by atoms with E-state index in [2.05, 4.69) is 13.2 Å². The van der Waals surface area contributed by atoms with Crippen LogP contribution in [-0.2, 0) is 0 Å². The molecular formula is C13H13FO3. The minimum absolute atomic E-state index is 0.0850. The molecule has 0 aromatic heterocycles. The Balaban J connectivity index is 3.08. The van der Waals surface area contributed by atoms with E-state index in [0.29, 0.717) is 5.75 Å². The highest BCUT2D eigenvalue weighted by Gasteiger charge is 2.16. The summed E-state index contributed by atoms with van der Waals surface area (Å²) in [6.45, 7) is 7.39. The van der Waals surface area contributed by atoms with E-state index < -0.39 is 6.04 Å². The maximum absolute atomic E-state index is 12.8. The molecule has 0 bridgehead atoms. The first kappa shape index (κ1) is 13.0. The second-order valence-electron chi connectivity index (χ2n) is 3.11. The van der Waals surface area contributed by atoms with Crippen molar-refractivity contribution in [3.05, 3.63) is 49.1 Å². The third-order valence-electron chi connectivity index (χ3n) is 1.89. The Morgan fingerprint density at radius 1 is 1.24 bits per heavy atom. The van der Waals surface area contributed by atoms with Crippen LogP contribution in [0.2, 0.25) is 0 Å². The SMILES string of the molecule is C=CCOc1cccc(C(=O)F)c1OCC=C. The van der Waals surface area contributed by atoms with Crippen molar-refractivity contribution < 1.29 is 18.7 Å². The third kappa shape index (κ3) is 3.45. The minimum atomic E-state index is -1.56. The van der Waals surface area contributed by atoms with Crippen LogP contribution in [0.1, 0.15) is 10.4 Å². The highest BCUT2D eigenvalue weighted by atomic mass is 19.1. The molecule has 1 aromatic carbocycles. The molecule has 4 heteroatoms. The van der Waals surface area contributed by atoms with E-state index in [0.717, 1.165) is 0 Å². The molecule has 17 heavy (non-hydrogen) atoms. The smallest absolute Gasteiger partial charge is 0.336 e. The summed E-state index contributed by atoms with van der Waals surface area (Å²) < 4.78 is 23.3. The van der Waals surface area contributed by atoms with E-state index in [1.807, 2.05) is 0 Å². The predicted molar refractivity (Wildman–Crippen MR) is 63.3 cm³/mol. The fraction of sp³-hybridized carbons (Fsp3) is 0.154. The van der Waals surface area contributed by atoms with Crippen molar-refractivity contribution in [2.24, 2.45) is 0 Å². The second kappa shape index (κ2) is 6.48. The molecule has 3 nitrogen and oxygen atoms in total. The van der Waals surface area contributed by atoms with Gasteiger partial charge >= 0.3 is 6.04 Å². The van der Waals surface area contributed by atoms with E-state index in [1.165, 1.54) is 18.2 Å². The van der Waals surface area contributed by atoms with Gasteiger partial charge in [0.2, 0.25) is 0 Å². The van der Waals surface area contributed by atoms with Crippen LogP contribution in [0.5, 0.6) is 11.5 Å². The molecule has 90 valence electrons.